The van der Waals surface area contributed by atoms with Gasteiger partial charge in [-0.25, -0.2) is 4.79 Å². The van der Waals surface area contributed by atoms with Gasteiger partial charge in [-0.1, -0.05) is 60.7 Å². The fraction of sp³-hybridized carbons (Fsp3) is 0.489. The van der Waals surface area contributed by atoms with E-state index in [4.69, 9.17) is 22.3 Å². The number of aliphatic hydroxyl groups is 4. The van der Waals surface area contributed by atoms with Gasteiger partial charge in [0, 0.05) is 24.5 Å². The summed E-state index contributed by atoms with van der Waals surface area (Å²) in [6, 6.07) is 3.24. The van der Waals surface area contributed by atoms with E-state index >= 15 is 0 Å². The number of amides is 9. The summed E-state index contributed by atoms with van der Waals surface area (Å²) in [6.07, 6.45) is -1.81. The maximum Gasteiger partial charge on any atom is 0.327 e. The number of aliphatic imine (C=N–C) groups is 1. The van der Waals surface area contributed by atoms with Crippen LogP contribution in [-0.4, -0.2) is 196 Å². The van der Waals surface area contributed by atoms with Gasteiger partial charge in [-0.15, -0.1) is 0 Å². The van der Waals surface area contributed by atoms with Crippen LogP contribution in [0, 0.1) is 0 Å². The summed E-state index contributed by atoms with van der Waals surface area (Å²) in [7, 11) is 0. The van der Waals surface area contributed by atoms with Crippen LogP contribution >= 0.6 is 25.3 Å². The van der Waals surface area contributed by atoms with E-state index in [1.165, 1.54) is 0 Å². The van der Waals surface area contributed by atoms with Gasteiger partial charge in [0.1, 0.15) is 48.3 Å². The number of rotatable bonds is 33. The number of nitrogens with one attached hydrogen (secondary N) is 9. The fourth-order valence-electron chi connectivity index (χ4n) is 6.58. The van der Waals surface area contributed by atoms with Crippen LogP contribution < -0.4 is 65.1 Å². The molecular weight excluding hydrogens is 1030 g/mol. The zero-order valence-electron chi connectivity index (χ0n) is 40.7. The van der Waals surface area contributed by atoms with Gasteiger partial charge in [0.05, 0.1) is 38.5 Å². The monoisotopic (exact) mass is 1090 g/mol. The molecule has 10 atom stereocenters. The van der Waals surface area contributed by atoms with Crippen molar-refractivity contribution < 1.29 is 73.5 Å². The van der Waals surface area contributed by atoms with Gasteiger partial charge in [0.15, 0.2) is 5.96 Å². The second kappa shape index (κ2) is 33.7. The molecule has 2 aromatic rings. The van der Waals surface area contributed by atoms with Gasteiger partial charge in [-0.05, 0) is 37.3 Å². The number of carboxylic acids is 1. The zero-order chi connectivity index (χ0) is 56.2. The second-order valence-corrected chi connectivity index (χ2v) is 17.3. The molecule has 0 bridgehead atoms. The summed E-state index contributed by atoms with van der Waals surface area (Å²) in [4.78, 5) is 134. The normalized spacial score (nSPS) is 14.9. The van der Waals surface area contributed by atoms with Gasteiger partial charge < -0.3 is 90.6 Å². The molecule has 9 amide bonds. The topological polar surface area (TPSA) is 471 Å². The number of nitrogens with zero attached hydrogens (tertiary/aromatic N) is 1. The van der Waals surface area contributed by atoms with E-state index in [-0.39, 0.29) is 43.9 Å². The molecule has 0 saturated heterocycles. The molecular formula is C45H67N13O15S2. The number of carbonyl (C=O) groups is 10. The lowest BCUT2D eigenvalue weighted by Crippen LogP contribution is -2.63. The first kappa shape index (κ1) is 64.0. The van der Waals surface area contributed by atoms with Crippen molar-refractivity contribution in [2.45, 2.75) is 93.1 Å². The summed E-state index contributed by atoms with van der Waals surface area (Å²) in [5.74, 6) is -11.8. The predicted molar refractivity (Wildman–Crippen MR) is 275 cm³/mol. The van der Waals surface area contributed by atoms with E-state index in [2.05, 4.69) is 78.1 Å². The second-order valence-electron chi connectivity index (χ2n) is 16.6. The third-order valence-electron chi connectivity index (χ3n) is 10.7. The minimum atomic E-state index is -1.90. The first-order valence-electron chi connectivity index (χ1n) is 23.1. The third-order valence-corrected chi connectivity index (χ3v) is 11.4. The number of guanidine groups is 1. The maximum atomic E-state index is 13.7. The van der Waals surface area contributed by atoms with E-state index in [1.54, 1.807) is 60.7 Å². The Morgan fingerprint density at radius 3 is 1.47 bits per heavy atom. The number of carbonyl (C=O) groups excluding carboxylic acids is 9. The van der Waals surface area contributed by atoms with E-state index in [9.17, 15) is 68.4 Å². The van der Waals surface area contributed by atoms with E-state index in [0.717, 1.165) is 12.5 Å². The van der Waals surface area contributed by atoms with Crippen molar-refractivity contribution >= 4 is 90.4 Å². The lowest BCUT2D eigenvalue weighted by Gasteiger charge is -2.27. The molecule has 2 rings (SSSR count). The van der Waals surface area contributed by atoms with Crippen molar-refractivity contribution in [3.05, 3.63) is 71.8 Å². The molecule has 0 fully saturated rings. The molecule has 0 aliphatic heterocycles. The van der Waals surface area contributed by atoms with Crippen molar-refractivity contribution in [2.75, 3.05) is 44.4 Å². The molecule has 20 N–H and O–H groups in total. The van der Waals surface area contributed by atoms with E-state index in [1.807, 2.05) is 0 Å². The molecule has 0 aromatic heterocycles. The quantitative estimate of drug-likeness (QED) is 0.0137. The highest BCUT2D eigenvalue weighted by molar-refractivity contribution is 7.80. The molecule has 2 aromatic carbocycles. The average molecular weight is 1090 g/mol. The highest BCUT2D eigenvalue weighted by Gasteiger charge is 2.35. The highest BCUT2D eigenvalue weighted by atomic mass is 32.1. The summed E-state index contributed by atoms with van der Waals surface area (Å²) in [6.45, 7) is -2.88. The van der Waals surface area contributed by atoms with Gasteiger partial charge in [-0.3, -0.25) is 48.1 Å². The van der Waals surface area contributed by atoms with Gasteiger partial charge in [-0.2, -0.15) is 25.3 Å². The van der Waals surface area contributed by atoms with Crippen LogP contribution in [0.5, 0.6) is 0 Å². The smallest absolute Gasteiger partial charge is 0.327 e. The Morgan fingerprint density at radius 2 is 0.973 bits per heavy atom. The minimum Gasteiger partial charge on any atom is -0.480 e. The standard InChI is InChI=1S/C45H67N13O15S2/c1-23(62)35(58-41(69)31(20-61)55-39(67)28(16-25-11-6-3-7-12-25)53-36(64)26(46)15-24-9-4-2-5-10-24)43(71)56-30(19-60)40(68)57-32(21-74)42(70)52-27(13-8-14-49-45(47)48)38(66)54-29(18-59)37(65)50-17-34(63)51-33(22-75)44(72)73/h2-7,9-12,23,26-33,35,59-62,74-75H,8,13-22,46H2,1H3,(H,50,65)(H,51,63)(H,52,70)(H,53,64)(H,54,66)(H,55,67)(H,56,71)(H,57,68)(H,58,69)(H,72,73)(H4,47,48,49)/t23-,26+,27+,28+,29+,30+,31+,32+,33+,35+/m1/s1. The first-order valence-corrected chi connectivity index (χ1v) is 24.4. The summed E-state index contributed by atoms with van der Waals surface area (Å²) < 4.78 is 0. The lowest BCUT2D eigenvalue weighted by molar-refractivity contribution is -0.141. The van der Waals surface area contributed by atoms with Crippen LogP contribution in [0.25, 0.3) is 0 Å². The number of aliphatic hydroxyl groups excluding tert-OH is 4. The van der Waals surface area contributed by atoms with Crippen molar-refractivity contribution in [1.82, 2.24) is 47.9 Å². The highest BCUT2D eigenvalue weighted by Crippen LogP contribution is 2.08. The van der Waals surface area contributed by atoms with E-state index < -0.39 is 152 Å². The minimum absolute atomic E-state index is 0.0429. The predicted octanol–water partition coefficient (Wildman–Crippen LogP) is -7.85. The number of carboxylic acid groups (broad SMARTS) is 1. The van der Waals surface area contributed by atoms with Crippen LogP contribution in [-0.2, 0) is 60.8 Å². The number of thiol groups is 2. The Labute approximate surface area is 441 Å². The maximum absolute atomic E-state index is 13.7. The summed E-state index contributed by atoms with van der Waals surface area (Å²) in [5, 5.41) is 70.2. The molecule has 0 heterocycles. The van der Waals surface area contributed by atoms with Crippen LogP contribution in [0.2, 0.25) is 0 Å². The van der Waals surface area contributed by atoms with E-state index in [0.29, 0.717) is 5.56 Å². The molecule has 0 spiro atoms. The number of nitrogens with two attached hydrogens (primary N) is 3. The van der Waals surface area contributed by atoms with Crippen molar-refractivity contribution in [3.8, 4) is 0 Å². The molecule has 30 heteroatoms. The number of aliphatic carboxylic acids is 1. The van der Waals surface area contributed by atoms with Crippen LogP contribution in [0.1, 0.15) is 30.9 Å². The van der Waals surface area contributed by atoms with Crippen molar-refractivity contribution in [2.24, 2.45) is 22.2 Å². The fourth-order valence-corrected chi connectivity index (χ4v) is 7.08. The largest absolute Gasteiger partial charge is 0.480 e. The third kappa shape index (κ3) is 22.9. The molecule has 75 heavy (non-hydrogen) atoms. The molecule has 28 nitrogen and oxygen atoms in total. The molecule has 0 aliphatic rings. The Kier molecular flexibility index (Phi) is 28.7. The van der Waals surface area contributed by atoms with Crippen LogP contribution in [0.15, 0.2) is 65.7 Å². The number of hydrogen-bond donors (Lipinski definition) is 19. The Bertz CT molecular complexity index is 2270. The molecule has 414 valence electrons. The van der Waals surface area contributed by atoms with Crippen LogP contribution in [0.3, 0.4) is 0 Å². The summed E-state index contributed by atoms with van der Waals surface area (Å²) in [5.41, 5.74) is 18.3. The molecule has 0 unspecified atom stereocenters. The van der Waals surface area contributed by atoms with Crippen LogP contribution in [0.4, 0.5) is 0 Å². The molecule has 0 radical (unpaired) electrons. The first-order chi connectivity index (χ1) is 35.6. The summed E-state index contributed by atoms with van der Waals surface area (Å²) >= 11 is 7.93. The Hall–Kier alpha value is -7.09. The van der Waals surface area contributed by atoms with Crippen molar-refractivity contribution in [3.63, 3.8) is 0 Å². The van der Waals surface area contributed by atoms with Gasteiger partial charge >= 0.3 is 5.97 Å². The number of hydrogen-bond acceptors (Lipinski definition) is 18. The average Bonchev–Trinajstić information content (AvgIpc) is 3.38. The van der Waals surface area contributed by atoms with Gasteiger partial charge in [0.25, 0.3) is 0 Å². The van der Waals surface area contributed by atoms with Gasteiger partial charge in [0.2, 0.25) is 53.2 Å². The van der Waals surface area contributed by atoms with Crippen molar-refractivity contribution in [1.29, 1.82) is 0 Å². The zero-order valence-corrected chi connectivity index (χ0v) is 42.5. The number of benzene rings is 2. The lowest BCUT2D eigenvalue weighted by atomic mass is 10.0. The Morgan fingerprint density at radius 1 is 0.547 bits per heavy atom. The molecule has 0 aliphatic carbocycles. The SMILES string of the molecule is C[C@@H](O)[C@H](NC(=O)[C@H](CO)NC(=O)[C@H](Cc1ccccc1)NC(=O)[C@@H](N)Cc1ccccc1)C(=O)N[C@@H](CO)C(=O)N[C@@H](CS)C(=O)N[C@@H](CCCN=C(N)N)C(=O)N[C@@H](CO)C(=O)NCC(=O)N[C@@H](CS)C(=O)O. The Balaban J connectivity index is 2.18. The molecule has 0 saturated carbocycles.